The highest BCUT2D eigenvalue weighted by atomic mass is 32.2. The van der Waals surface area contributed by atoms with E-state index < -0.39 is 6.29 Å². The molecule has 10 heteroatoms. The van der Waals surface area contributed by atoms with Crippen molar-refractivity contribution < 1.29 is 29.3 Å². The van der Waals surface area contributed by atoms with Gasteiger partial charge in [0.25, 0.3) is 0 Å². The SMILES string of the molecule is Nc1ccccc1NC(=O)CCCCC(=O)NCc1cccc(-c2cccc(C3OC(CSCCO)CC(c4ccc(CO)cc4)O3)c2)c1. The van der Waals surface area contributed by atoms with Crippen LogP contribution in [-0.4, -0.2) is 46.2 Å². The topological polar surface area (TPSA) is 143 Å². The van der Waals surface area contributed by atoms with Gasteiger partial charge >= 0.3 is 0 Å². The standard InChI is InChI=1S/C39H45N3O6S/c40-34-11-1-2-12-35(34)42-38(46)14-4-3-13-37(45)41-24-28-7-5-8-30(21-28)31-9-6-10-32(22-31)39-47-33(26-49-20-19-43)23-36(48-39)29-17-15-27(25-44)16-18-29/h1-2,5-12,15-18,21-22,33,36,39,43-44H,3-4,13-14,19-20,23-26,40H2,(H,41,45)(H,42,46). The number of para-hydroxylation sites is 2. The van der Waals surface area contributed by atoms with Gasteiger partial charge < -0.3 is 36.1 Å². The third kappa shape index (κ3) is 10.9. The van der Waals surface area contributed by atoms with Crippen LogP contribution < -0.4 is 16.4 Å². The molecule has 5 rings (SSSR count). The molecular weight excluding hydrogens is 639 g/mol. The van der Waals surface area contributed by atoms with Gasteiger partial charge in [-0.3, -0.25) is 9.59 Å². The van der Waals surface area contributed by atoms with Crippen molar-refractivity contribution in [1.29, 1.82) is 0 Å². The predicted octanol–water partition coefficient (Wildman–Crippen LogP) is 6.51. The third-order valence-electron chi connectivity index (χ3n) is 8.36. The normalized spacial score (nSPS) is 17.4. The van der Waals surface area contributed by atoms with Gasteiger partial charge in [-0.05, 0) is 64.9 Å². The number of thioether (sulfide) groups is 1. The van der Waals surface area contributed by atoms with Gasteiger partial charge in [-0.2, -0.15) is 11.8 Å². The molecule has 49 heavy (non-hydrogen) atoms. The fraction of sp³-hybridized carbons (Fsp3) is 0.333. The van der Waals surface area contributed by atoms with Gasteiger partial charge in [-0.25, -0.2) is 0 Å². The zero-order valence-corrected chi connectivity index (χ0v) is 28.4. The van der Waals surface area contributed by atoms with Crippen LogP contribution in [0.3, 0.4) is 0 Å². The zero-order valence-electron chi connectivity index (χ0n) is 27.6. The van der Waals surface area contributed by atoms with Crippen LogP contribution in [0.2, 0.25) is 0 Å². The summed E-state index contributed by atoms with van der Waals surface area (Å²) in [6.07, 6.45) is 1.77. The number of aliphatic hydroxyl groups is 2. The van der Waals surface area contributed by atoms with Gasteiger partial charge in [0.15, 0.2) is 6.29 Å². The Kier molecular flexibility index (Phi) is 13.7. The van der Waals surface area contributed by atoms with E-state index in [1.165, 1.54) is 0 Å². The molecule has 0 aromatic heterocycles. The van der Waals surface area contributed by atoms with Gasteiger partial charge in [-0.15, -0.1) is 0 Å². The third-order valence-corrected chi connectivity index (χ3v) is 9.43. The fourth-order valence-corrected chi connectivity index (χ4v) is 6.48. The van der Waals surface area contributed by atoms with Crippen molar-refractivity contribution in [2.24, 2.45) is 0 Å². The molecular formula is C39H45N3O6S. The lowest BCUT2D eigenvalue weighted by Crippen LogP contribution is -2.31. The van der Waals surface area contributed by atoms with Crippen LogP contribution in [0.1, 0.15) is 66.8 Å². The predicted molar refractivity (Wildman–Crippen MR) is 195 cm³/mol. The highest BCUT2D eigenvalue weighted by Crippen LogP contribution is 2.39. The van der Waals surface area contributed by atoms with Crippen LogP contribution in [-0.2, 0) is 32.2 Å². The molecule has 0 saturated carbocycles. The number of carbonyl (C=O) groups excluding carboxylic acids is 2. The fourth-order valence-electron chi connectivity index (χ4n) is 5.71. The van der Waals surface area contributed by atoms with Crippen molar-refractivity contribution >= 4 is 35.0 Å². The first-order valence-electron chi connectivity index (χ1n) is 16.7. The number of benzene rings is 4. The van der Waals surface area contributed by atoms with Gasteiger partial charge in [0, 0.05) is 42.9 Å². The Balaban J connectivity index is 1.15. The van der Waals surface area contributed by atoms with Crippen LogP contribution in [0.4, 0.5) is 11.4 Å². The summed E-state index contributed by atoms with van der Waals surface area (Å²) in [7, 11) is 0. The average Bonchev–Trinajstić information content (AvgIpc) is 3.14. The van der Waals surface area contributed by atoms with Crippen molar-refractivity contribution in [2.75, 3.05) is 29.2 Å². The molecule has 4 aromatic carbocycles. The van der Waals surface area contributed by atoms with Crippen molar-refractivity contribution in [1.82, 2.24) is 5.32 Å². The number of ether oxygens (including phenoxy) is 2. The maximum Gasteiger partial charge on any atom is 0.224 e. The number of anilines is 2. The minimum absolute atomic E-state index is 0.00762. The van der Waals surface area contributed by atoms with Crippen LogP contribution in [0.15, 0.2) is 97.1 Å². The highest BCUT2D eigenvalue weighted by molar-refractivity contribution is 7.99. The quantitative estimate of drug-likeness (QED) is 0.0664. The molecule has 9 nitrogen and oxygen atoms in total. The highest BCUT2D eigenvalue weighted by Gasteiger charge is 2.32. The summed E-state index contributed by atoms with van der Waals surface area (Å²) in [4.78, 5) is 24.8. The molecule has 4 aromatic rings. The van der Waals surface area contributed by atoms with E-state index in [1.807, 2.05) is 72.8 Å². The number of hydrogen-bond donors (Lipinski definition) is 5. The van der Waals surface area contributed by atoms with Crippen molar-refractivity contribution in [2.45, 2.75) is 63.8 Å². The number of unbranched alkanes of at least 4 members (excludes halogenated alkanes) is 1. The Bertz CT molecular complexity index is 1670. The summed E-state index contributed by atoms with van der Waals surface area (Å²) in [5.74, 6) is 1.22. The number of amides is 2. The second kappa shape index (κ2) is 18.5. The van der Waals surface area contributed by atoms with Crippen molar-refractivity contribution in [3.8, 4) is 11.1 Å². The van der Waals surface area contributed by atoms with Gasteiger partial charge in [0.05, 0.1) is 36.8 Å². The lowest BCUT2D eigenvalue weighted by atomic mass is 9.99. The van der Waals surface area contributed by atoms with E-state index in [9.17, 15) is 19.8 Å². The minimum atomic E-state index is -0.569. The molecule has 2 amide bonds. The molecule has 6 N–H and O–H groups in total. The second-order valence-corrected chi connectivity index (χ2v) is 13.2. The summed E-state index contributed by atoms with van der Waals surface area (Å²) in [6, 6.07) is 31.2. The molecule has 0 aliphatic carbocycles. The van der Waals surface area contributed by atoms with E-state index >= 15 is 0 Å². The molecule has 0 bridgehead atoms. The van der Waals surface area contributed by atoms with E-state index in [-0.39, 0.29) is 37.2 Å². The first-order valence-corrected chi connectivity index (χ1v) is 17.9. The number of nitrogen functional groups attached to an aromatic ring is 1. The Labute approximate surface area is 292 Å². The summed E-state index contributed by atoms with van der Waals surface area (Å²) in [5.41, 5.74) is 12.8. The Morgan fingerprint density at radius 1 is 0.796 bits per heavy atom. The van der Waals surface area contributed by atoms with Crippen LogP contribution in [0, 0.1) is 0 Å². The maximum atomic E-state index is 12.6. The van der Waals surface area contributed by atoms with Crippen LogP contribution in [0.5, 0.6) is 0 Å². The molecule has 258 valence electrons. The Morgan fingerprint density at radius 3 is 2.29 bits per heavy atom. The summed E-state index contributed by atoms with van der Waals surface area (Å²) >= 11 is 1.66. The van der Waals surface area contributed by atoms with E-state index in [0.29, 0.717) is 55.8 Å². The molecule has 1 fully saturated rings. The average molecular weight is 684 g/mol. The molecule has 1 aliphatic heterocycles. The largest absolute Gasteiger partial charge is 0.397 e. The van der Waals surface area contributed by atoms with Gasteiger partial charge in [0.2, 0.25) is 11.8 Å². The smallest absolute Gasteiger partial charge is 0.224 e. The zero-order chi connectivity index (χ0) is 34.4. The molecule has 1 heterocycles. The molecule has 1 aliphatic rings. The number of aliphatic hydroxyl groups excluding tert-OH is 2. The van der Waals surface area contributed by atoms with E-state index in [0.717, 1.165) is 39.1 Å². The van der Waals surface area contributed by atoms with Crippen molar-refractivity contribution in [3.63, 3.8) is 0 Å². The molecule has 0 spiro atoms. The van der Waals surface area contributed by atoms with Crippen LogP contribution in [0.25, 0.3) is 11.1 Å². The van der Waals surface area contributed by atoms with E-state index in [2.05, 4.69) is 22.8 Å². The number of carbonyl (C=O) groups is 2. The van der Waals surface area contributed by atoms with Gasteiger partial charge in [-0.1, -0.05) is 72.8 Å². The number of nitrogens with two attached hydrogens (primary N) is 1. The first kappa shape index (κ1) is 36.1. The minimum Gasteiger partial charge on any atom is -0.397 e. The maximum absolute atomic E-state index is 12.6. The lowest BCUT2D eigenvalue weighted by Gasteiger charge is -2.36. The second-order valence-electron chi connectivity index (χ2n) is 12.1. The monoisotopic (exact) mass is 683 g/mol. The van der Waals surface area contributed by atoms with Gasteiger partial charge in [0.1, 0.15) is 0 Å². The Hall–Kier alpha value is -4.19. The molecule has 3 unspecified atom stereocenters. The molecule has 0 radical (unpaired) electrons. The van der Waals surface area contributed by atoms with E-state index in [1.54, 1.807) is 23.9 Å². The first-order chi connectivity index (χ1) is 23.9. The lowest BCUT2D eigenvalue weighted by molar-refractivity contribution is -0.245. The molecule has 3 atom stereocenters. The number of nitrogens with one attached hydrogen (secondary N) is 2. The summed E-state index contributed by atoms with van der Waals surface area (Å²) < 4.78 is 13.0. The van der Waals surface area contributed by atoms with Crippen molar-refractivity contribution in [3.05, 3.63) is 119 Å². The number of hydrogen-bond acceptors (Lipinski definition) is 8. The summed E-state index contributed by atoms with van der Waals surface area (Å²) in [6.45, 7) is 0.519. The molecule has 1 saturated heterocycles. The summed E-state index contributed by atoms with van der Waals surface area (Å²) in [5, 5.41) is 24.6. The Morgan fingerprint density at radius 2 is 1.53 bits per heavy atom. The van der Waals surface area contributed by atoms with Crippen LogP contribution >= 0.6 is 11.8 Å². The number of rotatable bonds is 16. The van der Waals surface area contributed by atoms with E-state index in [4.69, 9.17) is 15.2 Å².